The lowest BCUT2D eigenvalue weighted by Crippen LogP contribution is -2.32. The molecule has 0 saturated heterocycles. The first-order valence-corrected chi connectivity index (χ1v) is 4.05. The maximum Gasteiger partial charge on any atom is 0.309 e. The zero-order valence-corrected chi connectivity index (χ0v) is 7.96. The average Bonchev–Trinajstić information content (AvgIpc) is 2.11. The standard InChI is InChI=1S/C9H17NO2/c1-5-8(3)10-6-7(2)9(11)12-4/h5,7-8,10H,1,6H2,2-4H3. The molecule has 0 spiro atoms. The number of hydrogen-bond donors (Lipinski definition) is 1. The van der Waals surface area contributed by atoms with Gasteiger partial charge in [-0.3, -0.25) is 4.79 Å². The molecule has 0 aliphatic carbocycles. The Morgan fingerprint density at radius 3 is 2.67 bits per heavy atom. The molecule has 0 heterocycles. The Hall–Kier alpha value is -0.830. The Balaban J connectivity index is 3.63. The number of hydrogen-bond acceptors (Lipinski definition) is 3. The maximum absolute atomic E-state index is 10.9. The molecule has 1 N–H and O–H groups in total. The van der Waals surface area contributed by atoms with Crippen LogP contribution in [0, 0.1) is 5.92 Å². The Kier molecular flexibility index (Phi) is 5.37. The molecule has 0 aliphatic heterocycles. The number of esters is 1. The van der Waals surface area contributed by atoms with Crippen molar-refractivity contribution in [3.63, 3.8) is 0 Å². The fourth-order valence-corrected chi connectivity index (χ4v) is 0.731. The summed E-state index contributed by atoms with van der Waals surface area (Å²) >= 11 is 0. The summed E-state index contributed by atoms with van der Waals surface area (Å²) < 4.78 is 4.57. The van der Waals surface area contributed by atoms with E-state index in [4.69, 9.17) is 0 Å². The zero-order valence-electron chi connectivity index (χ0n) is 7.96. The van der Waals surface area contributed by atoms with Gasteiger partial charge in [0.15, 0.2) is 0 Å². The number of carbonyl (C=O) groups is 1. The second-order valence-electron chi connectivity index (χ2n) is 2.86. The van der Waals surface area contributed by atoms with Crippen molar-refractivity contribution in [2.45, 2.75) is 19.9 Å². The highest BCUT2D eigenvalue weighted by Crippen LogP contribution is 1.96. The molecule has 3 heteroatoms. The summed E-state index contributed by atoms with van der Waals surface area (Å²) in [7, 11) is 1.40. The summed E-state index contributed by atoms with van der Waals surface area (Å²) in [6.07, 6.45) is 1.80. The highest BCUT2D eigenvalue weighted by atomic mass is 16.5. The molecular formula is C9H17NO2. The minimum absolute atomic E-state index is 0.0996. The molecule has 0 aromatic heterocycles. The Bertz CT molecular complexity index is 157. The van der Waals surface area contributed by atoms with E-state index in [-0.39, 0.29) is 17.9 Å². The van der Waals surface area contributed by atoms with Crippen molar-refractivity contribution >= 4 is 5.97 Å². The quantitative estimate of drug-likeness (QED) is 0.494. The van der Waals surface area contributed by atoms with E-state index < -0.39 is 0 Å². The monoisotopic (exact) mass is 171 g/mol. The van der Waals surface area contributed by atoms with Crippen LogP contribution < -0.4 is 5.32 Å². The normalized spacial score (nSPS) is 14.9. The van der Waals surface area contributed by atoms with E-state index in [1.165, 1.54) is 7.11 Å². The largest absolute Gasteiger partial charge is 0.469 e. The number of ether oxygens (including phenoxy) is 1. The van der Waals surface area contributed by atoms with Crippen molar-refractivity contribution in [1.29, 1.82) is 0 Å². The Labute approximate surface area is 73.8 Å². The van der Waals surface area contributed by atoms with Gasteiger partial charge in [0.25, 0.3) is 0 Å². The van der Waals surface area contributed by atoms with Gasteiger partial charge in [-0.1, -0.05) is 13.0 Å². The molecule has 2 atom stereocenters. The van der Waals surface area contributed by atoms with Crippen LogP contribution >= 0.6 is 0 Å². The van der Waals surface area contributed by atoms with Crippen molar-refractivity contribution in [1.82, 2.24) is 5.32 Å². The molecule has 0 bridgehead atoms. The third-order valence-electron chi connectivity index (χ3n) is 1.70. The van der Waals surface area contributed by atoms with Gasteiger partial charge >= 0.3 is 5.97 Å². The zero-order chi connectivity index (χ0) is 9.56. The molecule has 3 nitrogen and oxygen atoms in total. The van der Waals surface area contributed by atoms with Crippen molar-refractivity contribution in [2.24, 2.45) is 5.92 Å². The molecule has 0 radical (unpaired) electrons. The van der Waals surface area contributed by atoms with Crippen LogP contribution in [0.4, 0.5) is 0 Å². The van der Waals surface area contributed by atoms with E-state index in [0.29, 0.717) is 6.54 Å². The highest BCUT2D eigenvalue weighted by Gasteiger charge is 2.12. The molecule has 0 aromatic rings. The number of nitrogens with one attached hydrogen (secondary N) is 1. The van der Waals surface area contributed by atoms with Crippen molar-refractivity contribution < 1.29 is 9.53 Å². The second-order valence-corrected chi connectivity index (χ2v) is 2.86. The summed E-state index contributed by atoms with van der Waals surface area (Å²) in [4.78, 5) is 10.9. The van der Waals surface area contributed by atoms with E-state index in [1.54, 1.807) is 6.08 Å². The minimum atomic E-state index is -0.182. The van der Waals surface area contributed by atoms with E-state index in [9.17, 15) is 4.79 Å². The fourth-order valence-electron chi connectivity index (χ4n) is 0.731. The van der Waals surface area contributed by atoms with Gasteiger partial charge < -0.3 is 10.1 Å². The lowest BCUT2D eigenvalue weighted by molar-refractivity contribution is -0.144. The number of methoxy groups -OCH3 is 1. The van der Waals surface area contributed by atoms with E-state index in [1.807, 2.05) is 13.8 Å². The van der Waals surface area contributed by atoms with Crippen molar-refractivity contribution in [3.8, 4) is 0 Å². The third-order valence-corrected chi connectivity index (χ3v) is 1.70. The van der Waals surface area contributed by atoms with Gasteiger partial charge in [0.1, 0.15) is 0 Å². The van der Waals surface area contributed by atoms with Crippen LogP contribution in [0.25, 0.3) is 0 Å². The summed E-state index contributed by atoms with van der Waals surface area (Å²) in [5.41, 5.74) is 0. The molecular weight excluding hydrogens is 154 g/mol. The predicted molar refractivity (Wildman–Crippen MR) is 48.8 cm³/mol. The van der Waals surface area contributed by atoms with Crippen molar-refractivity contribution in [3.05, 3.63) is 12.7 Å². The van der Waals surface area contributed by atoms with E-state index >= 15 is 0 Å². The van der Waals surface area contributed by atoms with E-state index in [2.05, 4.69) is 16.6 Å². The van der Waals surface area contributed by atoms with Gasteiger partial charge in [-0.25, -0.2) is 0 Å². The van der Waals surface area contributed by atoms with Gasteiger partial charge in [0, 0.05) is 12.6 Å². The van der Waals surface area contributed by atoms with Crippen LogP contribution in [0.1, 0.15) is 13.8 Å². The van der Waals surface area contributed by atoms with Crippen LogP contribution in [0.5, 0.6) is 0 Å². The van der Waals surface area contributed by atoms with Gasteiger partial charge in [0.2, 0.25) is 0 Å². The van der Waals surface area contributed by atoms with Gasteiger partial charge in [-0.2, -0.15) is 0 Å². The van der Waals surface area contributed by atoms with Crippen LogP contribution in [-0.2, 0) is 9.53 Å². The Morgan fingerprint density at radius 2 is 2.25 bits per heavy atom. The summed E-state index contributed by atoms with van der Waals surface area (Å²) in [6.45, 7) is 8.06. The number of carbonyl (C=O) groups excluding carboxylic acids is 1. The van der Waals surface area contributed by atoms with Crippen molar-refractivity contribution in [2.75, 3.05) is 13.7 Å². The molecule has 0 aliphatic rings. The van der Waals surface area contributed by atoms with Crippen LogP contribution in [0.2, 0.25) is 0 Å². The maximum atomic E-state index is 10.9. The van der Waals surface area contributed by atoms with Gasteiger partial charge in [-0.05, 0) is 6.92 Å². The topological polar surface area (TPSA) is 38.3 Å². The van der Waals surface area contributed by atoms with E-state index in [0.717, 1.165) is 0 Å². The smallest absolute Gasteiger partial charge is 0.309 e. The second kappa shape index (κ2) is 5.77. The Morgan fingerprint density at radius 1 is 1.67 bits per heavy atom. The lowest BCUT2D eigenvalue weighted by Gasteiger charge is -2.12. The molecule has 0 aromatic carbocycles. The van der Waals surface area contributed by atoms with Crippen LogP contribution in [0.3, 0.4) is 0 Å². The third kappa shape index (κ3) is 4.13. The first kappa shape index (κ1) is 11.2. The number of rotatable bonds is 5. The SMILES string of the molecule is C=CC(C)NCC(C)C(=O)OC. The first-order chi connectivity index (χ1) is 5.61. The minimum Gasteiger partial charge on any atom is -0.469 e. The fraction of sp³-hybridized carbons (Fsp3) is 0.667. The molecule has 0 amide bonds. The summed E-state index contributed by atoms with van der Waals surface area (Å²) in [6, 6.07) is 0.233. The highest BCUT2D eigenvalue weighted by molar-refractivity contribution is 5.72. The lowest BCUT2D eigenvalue weighted by atomic mass is 10.2. The summed E-state index contributed by atoms with van der Waals surface area (Å²) in [5.74, 6) is -0.281. The molecule has 0 fully saturated rings. The molecule has 0 saturated carbocycles. The average molecular weight is 171 g/mol. The van der Waals surface area contributed by atoms with Gasteiger partial charge in [0.05, 0.1) is 13.0 Å². The van der Waals surface area contributed by atoms with Crippen LogP contribution in [0.15, 0.2) is 12.7 Å². The van der Waals surface area contributed by atoms with Gasteiger partial charge in [-0.15, -0.1) is 6.58 Å². The van der Waals surface area contributed by atoms with Crippen LogP contribution in [-0.4, -0.2) is 25.7 Å². The first-order valence-electron chi connectivity index (χ1n) is 4.05. The molecule has 0 rings (SSSR count). The molecule has 12 heavy (non-hydrogen) atoms. The molecule has 70 valence electrons. The molecule has 2 unspecified atom stereocenters. The predicted octanol–water partition coefficient (Wildman–Crippen LogP) is 0.960. The summed E-state index contributed by atoms with van der Waals surface area (Å²) in [5, 5.41) is 3.13.